The van der Waals surface area contributed by atoms with E-state index in [0.717, 1.165) is 13.1 Å². The van der Waals surface area contributed by atoms with Crippen LogP contribution in [0.5, 0.6) is 5.75 Å². The smallest absolute Gasteiger partial charge is 0.410 e. The molecule has 1 fully saturated rings. The third-order valence-corrected chi connectivity index (χ3v) is 4.45. The van der Waals surface area contributed by atoms with Crippen LogP contribution in [0.4, 0.5) is 9.18 Å². The van der Waals surface area contributed by atoms with Gasteiger partial charge in [0.05, 0.1) is 4.47 Å². The highest BCUT2D eigenvalue weighted by Crippen LogP contribution is 2.31. The van der Waals surface area contributed by atoms with Gasteiger partial charge in [-0.1, -0.05) is 11.6 Å². The Bertz CT molecular complexity index is 593. The van der Waals surface area contributed by atoms with E-state index in [1.807, 2.05) is 20.8 Å². The summed E-state index contributed by atoms with van der Waals surface area (Å²) in [5.41, 5.74) is -0.488. The second-order valence-corrected chi connectivity index (χ2v) is 8.15. The molecule has 5 nitrogen and oxygen atoms in total. The molecular weight excluding hydrogens is 415 g/mol. The lowest BCUT2D eigenvalue weighted by molar-refractivity contribution is 0.0136. The fourth-order valence-corrected chi connectivity index (χ4v) is 3.31. The summed E-state index contributed by atoms with van der Waals surface area (Å²) in [5.74, 6) is -0.328. The van der Waals surface area contributed by atoms with E-state index < -0.39 is 11.4 Å². The normalized spacial score (nSPS) is 16.0. The zero-order chi connectivity index (χ0) is 18.6. The van der Waals surface area contributed by atoms with E-state index in [9.17, 15) is 9.18 Å². The fraction of sp³-hybridized carbons (Fsp3) is 0.588. The summed E-state index contributed by atoms with van der Waals surface area (Å²) in [6.07, 6.45) is -0.282. The number of carbonyl (C=O) groups is 1. The molecule has 1 amide bonds. The number of hydrogen-bond donors (Lipinski definition) is 0. The lowest BCUT2D eigenvalue weighted by Crippen LogP contribution is -2.50. The average Bonchev–Trinajstić information content (AvgIpc) is 2.48. The van der Waals surface area contributed by atoms with Crippen LogP contribution in [-0.4, -0.2) is 60.8 Å². The van der Waals surface area contributed by atoms with Gasteiger partial charge in [0.25, 0.3) is 0 Å². The molecule has 0 aliphatic carbocycles. The van der Waals surface area contributed by atoms with E-state index in [0.29, 0.717) is 35.7 Å². The van der Waals surface area contributed by atoms with Gasteiger partial charge in [0.15, 0.2) is 11.6 Å². The summed E-state index contributed by atoms with van der Waals surface area (Å²) in [4.78, 5) is 15.9. The van der Waals surface area contributed by atoms with Crippen molar-refractivity contribution in [3.63, 3.8) is 0 Å². The molecule has 140 valence electrons. The van der Waals surface area contributed by atoms with Gasteiger partial charge in [0.2, 0.25) is 0 Å². The van der Waals surface area contributed by atoms with Crippen molar-refractivity contribution in [2.45, 2.75) is 26.4 Å². The molecule has 0 saturated carbocycles. The third kappa shape index (κ3) is 6.31. The van der Waals surface area contributed by atoms with Crippen LogP contribution in [0, 0.1) is 5.82 Å². The van der Waals surface area contributed by atoms with Crippen molar-refractivity contribution in [2.24, 2.45) is 0 Å². The zero-order valence-corrected chi connectivity index (χ0v) is 17.0. The lowest BCUT2D eigenvalue weighted by atomic mass is 10.2. The van der Waals surface area contributed by atoms with Crippen LogP contribution >= 0.6 is 27.5 Å². The molecule has 1 heterocycles. The predicted molar refractivity (Wildman–Crippen MR) is 98.9 cm³/mol. The molecule has 1 aromatic carbocycles. The first kappa shape index (κ1) is 20.3. The molecule has 0 unspecified atom stereocenters. The molecule has 0 bridgehead atoms. The van der Waals surface area contributed by atoms with E-state index in [2.05, 4.69) is 20.8 Å². The SMILES string of the molecule is CC(C)(C)OC(=O)N1CCN(CCOc2c(F)cc(Cl)cc2Br)CC1. The highest BCUT2D eigenvalue weighted by molar-refractivity contribution is 9.10. The Morgan fingerprint density at radius 3 is 2.48 bits per heavy atom. The van der Waals surface area contributed by atoms with E-state index in [1.54, 1.807) is 11.0 Å². The molecule has 0 aromatic heterocycles. The van der Waals surface area contributed by atoms with Crippen molar-refractivity contribution < 1.29 is 18.7 Å². The minimum atomic E-state index is -0.492. The Morgan fingerprint density at radius 1 is 1.28 bits per heavy atom. The van der Waals surface area contributed by atoms with E-state index in [4.69, 9.17) is 21.1 Å². The Morgan fingerprint density at radius 2 is 1.92 bits per heavy atom. The first-order chi connectivity index (χ1) is 11.7. The number of carbonyl (C=O) groups excluding carboxylic acids is 1. The Kier molecular flexibility index (Phi) is 6.93. The summed E-state index contributed by atoms with van der Waals surface area (Å²) < 4.78 is 25.2. The molecule has 2 rings (SSSR count). The molecule has 0 atom stereocenters. The molecule has 0 radical (unpaired) electrons. The first-order valence-electron chi connectivity index (χ1n) is 8.13. The average molecular weight is 438 g/mol. The van der Waals surface area contributed by atoms with Crippen LogP contribution in [0.15, 0.2) is 16.6 Å². The maximum absolute atomic E-state index is 13.8. The van der Waals surface area contributed by atoms with Crippen LogP contribution in [0.3, 0.4) is 0 Å². The van der Waals surface area contributed by atoms with Gasteiger partial charge in [0.1, 0.15) is 12.2 Å². The van der Waals surface area contributed by atoms with Crippen molar-refractivity contribution >= 4 is 33.6 Å². The third-order valence-electron chi connectivity index (χ3n) is 3.64. The van der Waals surface area contributed by atoms with Gasteiger partial charge in [-0.15, -0.1) is 0 Å². The minimum Gasteiger partial charge on any atom is -0.488 e. The monoisotopic (exact) mass is 436 g/mol. The van der Waals surface area contributed by atoms with Gasteiger partial charge in [-0.2, -0.15) is 0 Å². The van der Waals surface area contributed by atoms with Crippen molar-refractivity contribution in [1.82, 2.24) is 9.80 Å². The summed E-state index contributed by atoms with van der Waals surface area (Å²) in [5, 5.41) is 0.315. The first-order valence-corrected chi connectivity index (χ1v) is 9.30. The second-order valence-electron chi connectivity index (χ2n) is 6.86. The molecule has 8 heteroatoms. The van der Waals surface area contributed by atoms with Crippen LogP contribution in [0.1, 0.15) is 20.8 Å². The molecular formula is C17H23BrClFN2O3. The molecule has 1 aliphatic rings. The van der Waals surface area contributed by atoms with Crippen molar-refractivity contribution in [2.75, 3.05) is 39.3 Å². The van der Waals surface area contributed by atoms with Crippen LogP contribution in [0.25, 0.3) is 0 Å². The van der Waals surface area contributed by atoms with Gasteiger partial charge in [-0.25, -0.2) is 9.18 Å². The summed E-state index contributed by atoms with van der Waals surface area (Å²) in [6.45, 7) is 9.23. The maximum atomic E-state index is 13.8. The molecule has 1 saturated heterocycles. The van der Waals surface area contributed by atoms with Gasteiger partial charge in [0, 0.05) is 37.7 Å². The second kappa shape index (κ2) is 8.56. The van der Waals surface area contributed by atoms with Gasteiger partial charge in [-0.3, -0.25) is 4.90 Å². The van der Waals surface area contributed by atoms with Gasteiger partial charge >= 0.3 is 6.09 Å². The quantitative estimate of drug-likeness (QED) is 0.709. The number of benzene rings is 1. The van der Waals surface area contributed by atoms with Gasteiger partial charge < -0.3 is 14.4 Å². The summed E-state index contributed by atoms with van der Waals surface area (Å²) in [6, 6.07) is 2.82. The number of hydrogen-bond acceptors (Lipinski definition) is 4. The number of nitrogens with zero attached hydrogens (tertiary/aromatic N) is 2. The number of rotatable bonds is 4. The minimum absolute atomic E-state index is 0.164. The largest absolute Gasteiger partial charge is 0.488 e. The van der Waals surface area contributed by atoms with Crippen molar-refractivity contribution in [3.05, 3.63) is 27.4 Å². The topological polar surface area (TPSA) is 42.0 Å². The molecule has 0 N–H and O–H groups in total. The Balaban J connectivity index is 1.75. The van der Waals surface area contributed by atoms with Crippen molar-refractivity contribution in [1.29, 1.82) is 0 Å². The highest BCUT2D eigenvalue weighted by atomic mass is 79.9. The Labute approximate surface area is 161 Å². The van der Waals surface area contributed by atoms with Crippen LogP contribution in [-0.2, 0) is 4.74 Å². The number of ether oxygens (including phenoxy) is 2. The number of halogens is 3. The maximum Gasteiger partial charge on any atom is 0.410 e. The van der Waals surface area contributed by atoms with E-state index in [-0.39, 0.29) is 11.8 Å². The predicted octanol–water partition coefficient (Wildman–Crippen LogP) is 4.17. The lowest BCUT2D eigenvalue weighted by Gasteiger charge is -2.35. The van der Waals surface area contributed by atoms with Crippen LogP contribution < -0.4 is 4.74 Å². The standard InChI is InChI=1S/C17H23BrClFN2O3/c1-17(2,3)25-16(23)22-6-4-21(5-7-22)8-9-24-15-13(18)10-12(19)11-14(15)20/h10-11H,4-9H2,1-3H3. The van der Waals surface area contributed by atoms with E-state index >= 15 is 0 Å². The fourth-order valence-electron chi connectivity index (χ4n) is 2.42. The molecule has 0 spiro atoms. The molecule has 1 aliphatic heterocycles. The number of amides is 1. The zero-order valence-electron chi connectivity index (χ0n) is 14.7. The van der Waals surface area contributed by atoms with Crippen molar-refractivity contribution in [3.8, 4) is 5.75 Å². The summed E-state index contributed by atoms with van der Waals surface area (Å²) in [7, 11) is 0. The Hall–Kier alpha value is -1.05. The van der Waals surface area contributed by atoms with Crippen LogP contribution in [0.2, 0.25) is 5.02 Å². The highest BCUT2D eigenvalue weighted by Gasteiger charge is 2.25. The van der Waals surface area contributed by atoms with E-state index in [1.165, 1.54) is 6.07 Å². The van der Waals surface area contributed by atoms with Gasteiger partial charge in [-0.05, 0) is 48.8 Å². The summed E-state index contributed by atoms with van der Waals surface area (Å²) >= 11 is 9.03. The molecule has 25 heavy (non-hydrogen) atoms. The number of piperazine rings is 1. The molecule has 1 aromatic rings.